The summed E-state index contributed by atoms with van der Waals surface area (Å²) in [6, 6.07) is 16.0. The second-order valence-electron chi connectivity index (χ2n) is 8.00. The number of hydrazone groups is 1. The molecular weight excluding hydrogens is 458 g/mol. The van der Waals surface area contributed by atoms with Gasteiger partial charge in [-0.15, -0.1) is 0 Å². The Morgan fingerprint density at radius 2 is 1.74 bits per heavy atom. The second-order valence-corrected chi connectivity index (χ2v) is 9.94. The Morgan fingerprint density at radius 3 is 2.50 bits per heavy atom. The van der Waals surface area contributed by atoms with E-state index in [-0.39, 0.29) is 30.3 Å². The van der Waals surface area contributed by atoms with Crippen LogP contribution in [-0.4, -0.2) is 68.2 Å². The topological polar surface area (TPSA) is 106 Å². The SMILES string of the molecule is O=C(CCC(=O)N1CCC(c2ccccc2)=N1)OCc1cccc(S(=O)(=O)N2CCOCC2)c1. The minimum Gasteiger partial charge on any atom is -0.461 e. The van der Waals surface area contributed by atoms with Gasteiger partial charge in [0, 0.05) is 25.9 Å². The Labute approximate surface area is 199 Å². The maximum Gasteiger partial charge on any atom is 0.306 e. The number of hydrogen-bond donors (Lipinski definition) is 0. The molecule has 2 aliphatic heterocycles. The predicted molar refractivity (Wildman–Crippen MR) is 124 cm³/mol. The van der Waals surface area contributed by atoms with Gasteiger partial charge < -0.3 is 9.47 Å². The summed E-state index contributed by atoms with van der Waals surface area (Å²) >= 11 is 0. The first-order valence-corrected chi connectivity index (χ1v) is 12.6. The van der Waals surface area contributed by atoms with E-state index in [1.54, 1.807) is 12.1 Å². The maximum atomic E-state index is 12.8. The highest BCUT2D eigenvalue weighted by Gasteiger charge is 2.26. The number of hydrogen-bond acceptors (Lipinski definition) is 7. The Morgan fingerprint density at radius 1 is 0.971 bits per heavy atom. The van der Waals surface area contributed by atoms with Crippen molar-refractivity contribution in [2.75, 3.05) is 32.8 Å². The van der Waals surface area contributed by atoms with Crippen LogP contribution in [0.4, 0.5) is 0 Å². The number of rotatable bonds is 8. The van der Waals surface area contributed by atoms with Crippen LogP contribution >= 0.6 is 0 Å². The van der Waals surface area contributed by atoms with Crippen LogP contribution in [0.2, 0.25) is 0 Å². The van der Waals surface area contributed by atoms with E-state index < -0.39 is 16.0 Å². The standard InChI is InChI=1S/C24H27N3O6S/c28-23(27-12-11-22(25-27)20-6-2-1-3-7-20)9-10-24(29)33-18-19-5-4-8-21(17-19)34(30,31)26-13-15-32-16-14-26/h1-8,17H,9-16,18H2. The molecule has 9 nitrogen and oxygen atoms in total. The van der Waals surface area contributed by atoms with Gasteiger partial charge in [-0.3, -0.25) is 9.59 Å². The summed E-state index contributed by atoms with van der Waals surface area (Å²) in [7, 11) is -3.63. The third-order valence-corrected chi connectivity index (χ3v) is 7.54. The average Bonchev–Trinajstić information content (AvgIpc) is 3.38. The fourth-order valence-corrected chi connectivity index (χ4v) is 5.26. The molecule has 2 aliphatic rings. The van der Waals surface area contributed by atoms with E-state index in [2.05, 4.69) is 5.10 Å². The minimum absolute atomic E-state index is 0.00411. The highest BCUT2D eigenvalue weighted by molar-refractivity contribution is 7.89. The van der Waals surface area contributed by atoms with Crippen molar-refractivity contribution in [3.63, 3.8) is 0 Å². The number of sulfonamides is 1. The zero-order valence-electron chi connectivity index (χ0n) is 18.8. The van der Waals surface area contributed by atoms with Crippen molar-refractivity contribution in [2.45, 2.75) is 30.8 Å². The van der Waals surface area contributed by atoms with Crippen LogP contribution in [0.3, 0.4) is 0 Å². The number of amides is 1. The van der Waals surface area contributed by atoms with E-state index in [0.717, 1.165) is 11.3 Å². The van der Waals surface area contributed by atoms with Crippen molar-refractivity contribution in [3.8, 4) is 0 Å². The molecule has 0 spiro atoms. The number of carbonyl (C=O) groups excluding carboxylic acids is 2. The number of esters is 1. The fraction of sp³-hybridized carbons (Fsp3) is 0.375. The van der Waals surface area contributed by atoms with Crippen LogP contribution in [-0.2, 0) is 35.7 Å². The van der Waals surface area contributed by atoms with Crippen molar-refractivity contribution < 1.29 is 27.5 Å². The number of benzene rings is 2. The second kappa shape index (κ2) is 10.9. The van der Waals surface area contributed by atoms with Crippen molar-refractivity contribution in [2.24, 2.45) is 5.10 Å². The molecule has 34 heavy (non-hydrogen) atoms. The molecule has 4 rings (SSSR count). The summed E-state index contributed by atoms with van der Waals surface area (Å²) in [5.41, 5.74) is 2.39. The Bertz CT molecular complexity index is 1160. The van der Waals surface area contributed by atoms with Crippen LogP contribution in [0.25, 0.3) is 0 Å². The zero-order chi connectivity index (χ0) is 24.0. The average molecular weight is 486 g/mol. The first-order chi connectivity index (χ1) is 16.4. The van der Waals surface area contributed by atoms with E-state index >= 15 is 0 Å². The molecule has 0 unspecified atom stereocenters. The molecule has 10 heteroatoms. The lowest BCUT2D eigenvalue weighted by molar-refractivity contribution is -0.147. The lowest BCUT2D eigenvalue weighted by Gasteiger charge is -2.26. The number of nitrogens with zero attached hydrogens (tertiary/aromatic N) is 3. The molecule has 1 amide bonds. The van der Waals surface area contributed by atoms with E-state index in [1.807, 2.05) is 30.3 Å². The molecule has 0 aromatic heterocycles. The minimum atomic E-state index is -3.63. The number of carbonyl (C=O) groups is 2. The Kier molecular flexibility index (Phi) is 7.71. The van der Waals surface area contributed by atoms with Crippen molar-refractivity contribution >= 4 is 27.6 Å². The van der Waals surface area contributed by atoms with Crippen molar-refractivity contribution in [3.05, 3.63) is 65.7 Å². The molecule has 2 aromatic carbocycles. The highest BCUT2D eigenvalue weighted by Crippen LogP contribution is 2.19. The van der Waals surface area contributed by atoms with Gasteiger partial charge in [-0.05, 0) is 23.3 Å². The zero-order valence-corrected chi connectivity index (χ0v) is 19.6. The van der Waals surface area contributed by atoms with Crippen LogP contribution in [0.15, 0.2) is 64.6 Å². The normalized spacial score (nSPS) is 16.8. The third-order valence-electron chi connectivity index (χ3n) is 5.65. The third kappa shape index (κ3) is 5.88. The van der Waals surface area contributed by atoms with Gasteiger partial charge in [0.15, 0.2) is 0 Å². The van der Waals surface area contributed by atoms with Crippen molar-refractivity contribution in [1.29, 1.82) is 0 Å². The van der Waals surface area contributed by atoms with Crippen LogP contribution in [0, 0.1) is 0 Å². The first kappa shape index (κ1) is 24.1. The smallest absolute Gasteiger partial charge is 0.306 e. The molecule has 1 fully saturated rings. The van der Waals surface area contributed by atoms with Gasteiger partial charge in [0.25, 0.3) is 0 Å². The summed E-state index contributed by atoms with van der Waals surface area (Å²) in [6.07, 6.45) is 0.594. The van der Waals surface area contributed by atoms with E-state index in [0.29, 0.717) is 44.8 Å². The molecular formula is C24H27N3O6S. The van der Waals surface area contributed by atoms with Gasteiger partial charge in [0.05, 0.1) is 36.8 Å². The monoisotopic (exact) mass is 485 g/mol. The lowest BCUT2D eigenvalue weighted by Crippen LogP contribution is -2.40. The summed E-state index contributed by atoms with van der Waals surface area (Å²) in [6.45, 7) is 1.77. The molecule has 0 atom stereocenters. The molecule has 2 heterocycles. The van der Waals surface area contributed by atoms with E-state index in [4.69, 9.17) is 9.47 Å². The summed E-state index contributed by atoms with van der Waals surface area (Å²) < 4.78 is 37.5. The fourth-order valence-electron chi connectivity index (χ4n) is 3.78. The van der Waals surface area contributed by atoms with Crippen molar-refractivity contribution in [1.82, 2.24) is 9.31 Å². The molecule has 0 N–H and O–H groups in total. The molecule has 1 saturated heterocycles. The van der Waals surface area contributed by atoms with Gasteiger partial charge in [-0.2, -0.15) is 9.41 Å². The van der Waals surface area contributed by atoms with E-state index in [1.165, 1.54) is 21.4 Å². The predicted octanol–water partition coefficient (Wildman–Crippen LogP) is 2.17. The molecule has 180 valence electrons. The van der Waals surface area contributed by atoms with Gasteiger partial charge >= 0.3 is 5.97 Å². The lowest BCUT2D eigenvalue weighted by atomic mass is 10.1. The summed E-state index contributed by atoms with van der Waals surface area (Å²) in [5, 5.41) is 5.78. The summed E-state index contributed by atoms with van der Waals surface area (Å²) in [4.78, 5) is 24.8. The van der Waals surface area contributed by atoms with Crippen LogP contribution < -0.4 is 0 Å². The highest BCUT2D eigenvalue weighted by atomic mass is 32.2. The van der Waals surface area contributed by atoms with Gasteiger partial charge in [0.1, 0.15) is 6.61 Å². The van der Waals surface area contributed by atoms with Gasteiger partial charge in [-0.1, -0.05) is 42.5 Å². The number of morpholine rings is 1. The molecule has 2 aromatic rings. The molecule has 0 aliphatic carbocycles. The maximum absolute atomic E-state index is 12.8. The largest absolute Gasteiger partial charge is 0.461 e. The molecule has 0 bridgehead atoms. The van der Waals surface area contributed by atoms with Crippen LogP contribution in [0.1, 0.15) is 30.4 Å². The Balaban J connectivity index is 1.26. The first-order valence-electron chi connectivity index (χ1n) is 11.2. The molecule has 0 saturated carbocycles. The van der Waals surface area contributed by atoms with Gasteiger partial charge in [0.2, 0.25) is 15.9 Å². The van der Waals surface area contributed by atoms with Crippen LogP contribution in [0.5, 0.6) is 0 Å². The van der Waals surface area contributed by atoms with Gasteiger partial charge in [-0.25, -0.2) is 13.4 Å². The van der Waals surface area contributed by atoms with E-state index in [9.17, 15) is 18.0 Å². The Hall–Kier alpha value is -3.08. The summed E-state index contributed by atoms with van der Waals surface area (Å²) in [5.74, 6) is -0.761. The quantitative estimate of drug-likeness (QED) is 0.531. The molecule has 0 radical (unpaired) electrons. The number of ether oxygens (including phenoxy) is 2.